The van der Waals surface area contributed by atoms with E-state index in [0.29, 0.717) is 48.4 Å². The summed E-state index contributed by atoms with van der Waals surface area (Å²) in [5.74, 6) is -0.548. The molecule has 0 fully saturated rings. The second kappa shape index (κ2) is 12.3. The van der Waals surface area contributed by atoms with Crippen LogP contribution in [0, 0.1) is 5.82 Å². The van der Waals surface area contributed by atoms with Crippen molar-refractivity contribution in [1.29, 1.82) is 0 Å². The molecule has 11 nitrogen and oxygen atoms in total. The number of carbonyl (C=O) groups excluding carboxylic acids is 2. The van der Waals surface area contributed by atoms with Gasteiger partial charge in [0.1, 0.15) is 22.9 Å². The summed E-state index contributed by atoms with van der Waals surface area (Å²) in [6.07, 6.45) is 0.652. The molecule has 0 aliphatic carbocycles. The molecule has 1 N–H and O–H groups in total. The molecule has 0 unspecified atom stereocenters. The van der Waals surface area contributed by atoms with E-state index in [9.17, 15) is 9.59 Å². The Labute approximate surface area is 254 Å². The van der Waals surface area contributed by atoms with Gasteiger partial charge in [-0.3, -0.25) is 10.1 Å². The number of fused-ring (bicyclic) bond motifs is 2. The van der Waals surface area contributed by atoms with Gasteiger partial charge in [-0.05, 0) is 38.1 Å². The molecule has 3 aromatic heterocycles. The standard InChI is InChI=1S/C29H26ClFN6O5S/c1-14(15(2)42-29(39)34-17-6-7-20(32-12-17)28(38)37(3)4)41-23-11-24-21(10-19(23)31)36-27(43-24)18-8-16(30)9-22-26(18)33-13-25(35-22)40-5/h6-15H,1-5H3,(H,34,39)/t14-,15+/m0/s1. The quantitative estimate of drug-likeness (QED) is 0.214. The number of carbonyl (C=O) groups is 2. The molecule has 0 spiro atoms. The molecule has 0 saturated heterocycles. The predicted molar refractivity (Wildman–Crippen MR) is 162 cm³/mol. The third-order valence-corrected chi connectivity index (χ3v) is 7.64. The first-order valence-electron chi connectivity index (χ1n) is 12.9. The molecule has 43 heavy (non-hydrogen) atoms. The number of hydrogen-bond donors (Lipinski definition) is 1. The monoisotopic (exact) mass is 624 g/mol. The van der Waals surface area contributed by atoms with Crippen LogP contribution in [0.15, 0.2) is 48.8 Å². The average Bonchev–Trinajstić information content (AvgIpc) is 3.38. The first kappa shape index (κ1) is 29.9. The smallest absolute Gasteiger partial charge is 0.412 e. The van der Waals surface area contributed by atoms with Gasteiger partial charge in [0.05, 0.1) is 46.4 Å². The van der Waals surface area contributed by atoms with Gasteiger partial charge in [-0.25, -0.2) is 29.1 Å². The molecule has 0 aliphatic rings. The number of aromatic nitrogens is 4. The topological polar surface area (TPSA) is 129 Å². The van der Waals surface area contributed by atoms with Gasteiger partial charge in [0.15, 0.2) is 11.6 Å². The summed E-state index contributed by atoms with van der Waals surface area (Å²) in [7, 11) is 4.74. The number of methoxy groups -OCH3 is 1. The highest BCUT2D eigenvalue weighted by atomic mass is 35.5. The number of anilines is 1. The lowest BCUT2D eigenvalue weighted by atomic mass is 10.2. The van der Waals surface area contributed by atoms with Gasteiger partial charge >= 0.3 is 6.09 Å². The highest BCUT2D eigenvalue weighted by molar-refractivity contribution is 7.21. The normalized spacial score (nSPS) is 12.5. The molecule has 2 aromatic carbocycles. The van der Waals surface area contributed by atoms with Crippen LogP contribution in [0.1, 0.15) is 24.3 Å². The van der Waals surface area contributed by atoms with Crippen LogP contribution in [0.5, 0.6) is 11.6 Å². The third kappa shape index (κ3) is 6.57. The molecule has 0 saturated carbocycles. The number of nitrogens with one attached hydrogen (secondary N) is 1. The minimum absolute atomic E-state index is 0.0168. The summed E-state index contributed by atoms with van der Waals surface area (Å²) in [4.78, 5) is 43.3. The van der Waals surface area contributed by atoms with Crippen molar-refractivity contribution in [3.05, 3.63) is 65.3 Å². The van der Waals surface area contributed by atoms with Crippen LogP contribution in [-0.4, -0.2) is 70.2 Å². The van der Waals surface area contributed by atoms with Crippen LogP contribution in [-0.2, 0) is 4.74 Å². The van der Waals surface area contributed by atoms with E-state index in [1.807, 2.05) is 0 Å². The first-order chi connectivity index (χ1) is 20.5. The minimum Gasteiger partial charge on any atom is -0.484 e. The number of thiazole rings is 1. The number of ether oxygens (including phenoxy) is 3. The zero-order chi connectivity index (χ0) is 30.8. The number of amides is 2. The molecule has 14 heteroatoms. The summed E-state index contributed by atoms with van der Waals surface area (Å²) in [6.45, 7) is 3.29. The van der Waals surface area contributed by atoms with Crippen LogP contribution in [0.25, 0.3) is 31.8 Å². The second-order valence-electron chi connectivity index (χ2n) is 9.69. The number of nitrogens with zero attached hydrogens (tertiary/aromatic N) is 5. The Balaban J connectivity index is 1.28. The van der Waals surface area contributed by atoms with Gasteiger partial charge < -0.3 is 19.1 Å². The molecule has 0 aliphatic heterocycles. The van der Waals surface area contributed by atoms with Crippen molar-refractivity contribution in [3.63, 3.8) is 0 Å². The Hall–Kier alpha value is -4.62. The maximum atomic E-state index is 15.1. The van der Waals surface area contributed by atoms with Crippen molar-refractivity contribution in [2.24, 2.45) is 0 Å². The van der Waals surface area contributed by atoms with Crippen LogP contribution >= 0.6 is 22.9 Å². The summed E-state index contributed by atoms with van der Waals surface area (Å²) >= 11 is 7.66. The summed E-state index contributed by atoms with van der Waals surface area (Å²) in [6, 6.07) is 9.29. The molecular formula is C29H26ClFN6O5S. The van der Waals surface area contributed by atoms with Crippen molar-refractivity contribution in [2.45, 2.75) is 26.1 Å². The van der Waals surface area contributed by atoms with E-state index in [-0.39, 0.29) is 17.4 Å². The Morgan fingerprint density at radius 3 is 2.51 bits per heavy atom. The zero-order valence-electron chi connectivity index (χ0n) is 23.7. The number of pyridine rings is 1. The maximum Gasteiger partial charge on any atom is 0.412 e. The van der Waals surface area contributed by atoms with Crippen LogP contribution in [0.3, 0.4) is 0 Å². The number of halogens is 2. The minimum atomic E-state index is -0.756. The average molecular weight is 625 g/mol. The molecule has 5 aromatic rings. The van der Waals surface area contributed by atoms with Gasteiger partial charge in [0.25, 0.3) is 5.91 Å². The zero-order valence-corrected chi connectivity index (χ0v) is 25.3. The van der Waals surface area contributed by atoms with Crippen LogP contribution in [0.2, 0.25) is 5.02 Å². The van der Waals surface area contributed by atoms with E-state index in [2.05, 4.69) is 25.3 Å². The lowest BCUT2D eigenvalue weighted by Crippen LogP contribution is -2.32. The Kier molecular flexibility index (Phi) is 8.55. The van der Waals surface area contributed by atoms with Crippen molar-refractivity contribution < 1.29 is 28.2 Å². The van der Waals surface area contributed by atoms with Gasteiger partial charge in [-0.1, -0.05) is 11.6 Å². The highest BCUT2D eigenvalue weighted by Gasteiger charge is 2.22. The fraction of sp³-hybridized carbons (Fsp3) is 0.241. The van der Waals surface area contributed by atoms with Gasteiger partial charge in [-0.15, -0.1) is 11.3 Å². The molecule has 3 heterocycles. The predicted octanol–water partition coefficient (Wildman–Crippen LogP) is 6.21. The third-order valence-electron chi connectivity index (χ3n) is 6.37. The van der Waals surface area contributed by atoms with Crippen molar-refractivity contribution >= 4 is 61.9 Å². The summed E-state index contributed by atoms with van der Waals surface area (Å²) in [5.41, 5.74) is 2.78. The maximum absolute atomic E-state index is 15.1. The lowest BCUT2D eigenvalue weighted by molar-refractivity contribution is 0.0402. The van der Waals surface area contributed by atoms with Crippen LogP contribution < -0.4 is 14.8 Å². The Morgan fingerprint density at radius 2 is 1.81 bits per heavy atom. The largest absolute Gasteiger partial charge is 0.484 e. The highest BCUT2D eigenvalue weighted by Crippen LogP contribution is 2.38. The van der Waals surface area contributed by atoms with E-state index in [1.165, 1.54) is 47.9 Å². The number of benzene rings is 2. The summed E-state index contributed by atoms with van der Waals surface area (Å²) in [5, 5.41) is 3.57. The van der Waals surface area contributed by atoms with Gasteiger partial charge in [0.2, 0.25) is 5.88 Å². The first-order valence-corrected chi connectivity index (χ1v) is 14.1. The fourth-order valence-electron chi connectivity index (χ4n) is 4.00. The molecule has 0 radical (unpaired) electrons. The van der Waals surface area contributed by atoms with Crippen molar-refractivity contribution in [2.75, 3.05) is 26.5 Å². The Bertz CT molecular complexity index is 1830. The van der Waals surface area contributed by atoms with E-state index in [1.54, 1.807) is 52.2 Å². The SMILES string of the molecule is COc1cnc2c(-c3nc4cc(F)c(O[C@@H](C)[C@@H](C)OC(=O)Nc5ccc(C(=O)N(C)C)nc5)cc4s3)cc(Cl)cc2n1. The van der Waals surface area contributed by atoms with E-state index >= 15 is 4.39 Å². The Morgan fingerprint density at radius 1 is 1.02 bits per heavy atom. The molecule has 0 bridgehead atoms. The second-order valence-corrected chi connectivity index (χ2v) is 11.2. The van der Waals surface area contributed by atoms with Crippen molar-refractivity contribution in [1.82, 2.24) is 24.8 Å². The van der Waals surface area contributed by atoms with E-state index < -0.39 is 24.1 Å². The molecule has 5 rings (SSSR count). The van der Waals surface area contributed by atoms with E-state index in [4.69, 9.17) is 25.8 Å². The van der Waals surface area contributed by atoms with E-state index in [0.717, 1.165) is 0 Å². The van der Waals surface area contributed by atoms with Crippen LogP contribution in [0.4, 0.5) is 14.9 Å². The lowest BCUT2D eigenvalue weighted by Gasteiger charge is -2.22. The van der Waals surface area contributed by atoms with Gasteiger partial charge in [-0.2, -0.15) is 0 Å². The number of rotatable bonds is 8. The molecule has 2 atom stereocenters. The van der Waals surface area contributed by atoms with Crippen molar-refractivity contribution in [3.8, 4) is 22.2 Å². The number of hydrogen-bond acceptors (Lipinski definition) is 10. The fourth-order valence-corrected chi connectivity index (χ4v) is 5.21. The summed E-state index contributed by atoms with van der Waals surface area (Å²) < 4.78 is 32.2. The van der Waals surface area contributed by atoms with Gasteiger partial charge in [0, 0.05) is 36.8 Å². The molecule has 222 valence electrons. The molecule has 2 amide bonds. The molecular weight excluding hydrogens is 599 g/mol.